The minimum absolute atomic E-state index is 0.0505. The van der Waals surface area contributed by atoms with E-state index in [9.17, 15) is 14.9 Å². The van der Waals surface area contributed by atoms with Gasteiger partial charge < -0.3 is 4.90 Å². The van der Waals surface area contributed by atoms with Gasteiger partial charge in [-0.05, 0) is 31.9 Å². The number of nitro benzene ring substituents is 1. The first-order valence-corrected chi connectivity index (χ1v) is 6.57. The van der Waals surface area contributed by atoms with Crippen LogP contribution < -0.4 is 4.90 Å². The van der Waals surface area contributed by atoms with Gasteiger partial charge in [0.1, 0.15) is 16.5 Å². The molecule has 5 nitrogen and oxygen atoms in total. The lowest BCUT2D eigenvalue weighted by Crippen LogP contribution is -2.36. The molecule has 1 fully saturated rings. The van der Waals surface area contributed by atoms with Crippen molar-refractivity contribution in [1.82, 2.24) is 0 Å². The molecule has 0 amide bonds. The lowest BCUT2D eigenvalue weighted by molar-refractivity contribution is -0.384. The van der Waals surface area contributed by atoms with E-state index in [1.165, 1.54) is 6.07 Å². The van der Waals surface area contributed by atoms with Crippen LogP contribution in [-0.2, 0) is 4.79 Å². The van der Waals surface area contributed by atoms with Crippen LogP contribution in [0, 0.1) is 16.0 Å². The number of nitrogens with zero attached hydrogens (tertiary/aromatic N) is 2. The third-order valence-corrected chi connectivity index (χ3v) is 3.86. The highest BCUT2D eigenvalue weighted by Crippen LogP contribution is 2.36. The number of para-hydroxylation sites is 1. The fourth-order valence-corrected chi connectivity index (χ4v) is 2.71. The van der Waals surface area contributed by atoms with E-state index >= 15 is 0 Å². The maximum atomic E-state index is 11.3. The van der Waals surface area contributed by atoms with Gasteiger partial charge in [-0.25, -0.2) is 0 Å². The summed E-state index contributed by atoms with van der Waals surface area (Å²) in [5, 5.41) is 11.2. The molecule has 0 radical (unpaired) electrons. The maximum absolute atomic E-state index is 11.3. The second-order valence-corrected chi connectivity index (χ2v) is 5.14. The highest BCUT2D eigenvalue weighted by atomic mass is 35.5. The molecular formula is C13H15ClN2O3. The molecule has 1 aromatic rings. The zero-order chi connectivity index (χ0) is 14.0. The summed E-state index contributed by atoms with van der Waals surface area (Å²) in [6, 6.07) is 4.94. The second kappa shape index (κ2) is 5.57. The number of nitro groups is 1. The molecule has 0 bridgehead atoms. The molecule has 19 heavy (non-hydrogen) atoms. The van der Waals surface area contributed by atoms with Crippen LogP contribution in [0.25, 0.3) is 0 Å². The number of anilines is 1. The molecule has 1 aliphatic heterocycles. The van der Waals surface area contributed by atoms with E-state index in [1.54, 1.807) is 19.1 Å². The van der Waals surface area contributed by atoms with Crippen LogP contribution in [0.3, 0.4) is 0 Å². The zero-order valence-corrected chi connectivity index (χ0v) is 11.4. The molecule has 102 valence electrons. The first-order chi connectivity index (χ1) is 9.00. The molecule has 2 rings (SSSR count). The summed E-state index contributed by atoms with van der Waals surface area (Å²) in [6.07, 6.45) is 1.47. The van der Waals surface area contributed by atoms with Gasteiger partial charge in [0.2, 0.25) is 0 Å². The van der Waals surface area contributed by atoms with Crippen LogP contribution in [-0.4, -0.2) is 23.8 Å². The Bertz CT molecular complexity index is 511. The summed E-state index contributed by atoms with van der Waals surface area (Å²) < 4.78 is 0. The van der Waals surface area contributed by atoms with E-state index in [4.69, 9.17) is 11.6 Å². The van der Waals surface area contributed by atoms with Gasteiger partial charge in [0.05, 0.1) is 4.92 Å². The largest absolute Gasteiger partial charge is 0.366 e. The average Bonchev–Trinajstić information content (AvgIpc) is 2.38. The Morgan fingerprint density at radius 2 is 2.05 bits per heavy atom. The number of carbonyl (C=O) groups excluding carboxylic acids is 1. The normalized spacial score (nSPS) is 16.4. The molecule has 0 spiro atoms. The molecule has 6 heteroatoms. The quantitative estimate of drug-likeness (QED) is 0.631. The van der Waals surface area contributed by atoms with Crippen LogP contribution in [0.4, 0.5) is 11.4 Å². The molecule has 0 saturated carbocycles. The highest BCUT2D eigenvalue weighted by Gasteiger charge is 2.27. The summed E-state index contributed by atoms with van der Waals surface area (Å²) >= 11 is 5.90. The molecule has 1 aromatic carbocycles. The van der Waals surface area contributed by atoms with E-state index in [0.717, 1.165) is 12.8 Å². The van der Waals surface area contributed by atoms with Crippen LogP contribution in [0.2, 0.25) is 5.02 Å². The van der Waals surface area contributed by atoms with Crippen LogP contribution in [0.5, 0.6) is 0 Å². The van der Waals surface area contributed by atoms with Gasteiger partial charge in [0.15, 0.2) is 0 Å². The highest BCUT2D eigenvalue weighted by molar-refractivity contribution is 6.33. The van der Waals surface area contributed by atoms with Crippen LogP contribution in [0.1, 0.15) is 19.8 Å². The summed E-state index contributed by atoms with van der Waals surface area (Å²) in [5.74, 6) is 0.273. The predicted molar refractivity (Wildman–Crippen MR) is 73.7 cm³/mol. The molecule has 0 aromatic heterocycles. The van der Waals surface area contributed by atoms with Gasteiger partial charge in [-0.3, -0.25) is 14.9 Å². The fourth-order valence-electron chi connectivity index (χ4n) is 2.47. The molecule has 1 heterocycles. The Kier molecular flexibility index (Phi) is 4.04. The lowest BCUT2D eigenvalue weighted by Gasteiger charge is -2.32. The summed E-state index contributed by atoms with van der Waals surface area (Å²) in [5.41, 5.74) is 0.491. The number of hydrogen-bond acceptors (Lipinski definition) is 4. The maximum Gasteiger partial charge on any atom is 0.310 e. The standard InChI is InChI=1S/C13H15ClN2O3/c1-9(17)10-5-7-15(8-6-10)12-4-2-3-11(14)13(12)16(18)19/h2-4,10H,5-8H2,1H3. The van der Waals surface area contributed by atoms with Gasteiger partial charge in [-0.15, -0.1) is 0 Å². The van der Waals surface area contributed by atoms with E-state index in [0.29, 0.717) is 18.8 Å². The Morgan fingerprint density at radius 1 is 1.42 bits per heavy atom. The minimum Gasteiger partial charge on any atom is -0.366 e. The average molecular weight is 283 g/mol. The van der Waals surface area contributed by atoms with E-state index in [2.05, 4.69) is 0 Å². The number of piperidine rings is 1. The number of halogens is 1. The van der Waals surface area contributed by atoms with Gasteiger partial charge in [-0.1, -0.05) is 17.7 Å². The van der Waals surface area contributed by atoms with E-state index in [-0.39, 0.29) is 22.4 Å². The third-order valence-electron chi connectivity index (χ3n) is 3.56. The van der Waals surface area contributed by atoms with Crippen molar-refractivity contribution in [3.8, 4) is 0 Å². The van der Waals surface area contributed by atoms with Crippen molar-refractivity contribution in [2.24, 2.45) is 5.92 Å². The fraction of sp³-hybridized carbons (Fsp3) is 0.462. The molecule has 1 aliphatic rings. The third kappa shape index (κ3) is 2.87. The Morgan fingerprint density at radius 3 is 2.58 bits per heavy atom. The number of hydrogen-bond donors (Lipinski definition) is 0. The lowest BCUT2D eigenvalue weighted by atomic mass is 9.93. The molecular weight excluding hydrogens is 268 g/mol. The smallest absolute Gasteiger partial charge is 0.310 e. The van der Waals surface area contributed by atoms with Crippen molar-refractivity contribution < 1.29 is 9.72 Å². The summed E-state index contributed by atoms with van der Waals surface area (Å²) in [6.45, 7) is 2.89. The minimum atomic E-state index is -0.450. The molecule has 0 atom stereocenters. The molecule has 0 N–H and O–H groups in total. The number of benzene rings is 1. The Balaban J connectivity index is 2.22. The SMILES string of the molecule is CC(=O)C1CCN(c2cccc(Cl)c2[N+](=O)[O-])CC1. The molecule has 1 saturated heterocycles. The van der Waals surface area contributed by atoms with Crippen molar-refractivity contribution in [1.29, 1.82) is 0 Å². The van der Waals surface area contributed by atoms with Crippen LogP contribution >= 0.6 is 11.6 Å². The first kappa shape index (κ1) is 13.8. The summed E-state index contributed by atoms with van der Waals surface area (Å²) in [4.78, 5) is 23.9. The Labute approximate surface area is 116 Å². The number of rotatable bonds is 3. The summed E-state index contributed by atoms with van der Waals surface area (Å²) in [7, 11) is 0. The predicted octanol–water partition coefficient (Wildman–Crippen LogP) is 3.05. The topological polar surface area (TPSA) is 63.5 Å². The van der Waals surface area contributed by atoms with Crippen molar-refractivity contribution in [2.45, 2.75) is 19.8 Å². The van der Waals surface area contributed by atoms with Gasteiger partial charge in [0, 0.05) is 19.0 Å². The number of Topliss-reactive ketones (excluding diaryl/α,β-unsaturated/α-hetero) is 1. The number of carbonyl (C=O) groups is 1. The molecule has 0 aliphatic carbocycles. The van der Waals surface area contributed by atoms with Gasteiger partial charge in [-0.2, -0.15) is 0 Å². The first-order valence-electron chi connectivity index (χ1n) is 6.19. The van der Waals surface area contributed by atoms with Crippen molar-refractivity contribution in [3.63, 3.8) is 0 Å². The zero-order valence-electron chi connectivity index (χ0n) is 10.6. The van der Waals surface area contributed by atoms with Gasteiger partial charge in [0.25, 0.3) is 0 Å². The van der Waals surface area contributed by atoms with Gasteiger partial charge >= 0.3 is 5.69 Å². The monoisotopic (exact) mass is 282 g/mol. The number of ketones is 1. The van der Waals surface area contributed by atoms with E-state index in [1.807, 2.05) is 4.90 Å². The van der Waals surface area contributed by atoms with E-state index < -0.39 is 4.92 Å². The Hall–Kier alpha value is -1.62. The van der Waals surface area contributed by atoms with Crippen molar-refractivity contribution in [2.75, 3.05) is 18.0 Å². The van der Waals surface area contributed by atoms with Crippen LogP contribution in [0.15, 0.2) is 18.2 Å². The molecule has 0 unspecified atom stereocenters. The van der Waals surface area contributed by atoms with Crippen molar-refractivity contribution in [3.05, 3.63) is 33.3 Å². The second-order valence-electron chi connectivity index (χ2n) is 4.74. The van der Waals surface area contributed by atoms with Crippen molar-refractivity contribution >= 4 is 28.8 Å².